The second kappa shape index (κ2) is 5.60. The van der Waals surface area contributed by atoms with Crippen molar-refractivity contribution >= 4 is 6.21 Å². The molecular weight excluding hydrogens is 294 g/mol. The van der Waals surface area contributed by atoms with Crippen molar-refractivity contribution in [2.24, 2.45) is 4.99 Å². The summed E-state index contributed by atoms with van der Waals surface area (Å²) in [4.78, 5) is 8.22. The zero-order valence-corrected chi connectivity index (χ0v) is 12.5. The summed E-state index contributed by atoms with van der Waals surface area (Å²) in [7, 11) is 0. The molecule has 0 radical (unpaired) electrons. The fraction of sp³-hybridized carbons (Fsp3) is 0.500. The third-order valence-electron chi connectivity index (χ3n) is 3.70. The van der Waals surface area contributed by atoms with Gasteiger partial charge < -0.3 is 14.5 Å². The minimum atomic E-state index is -2.89. The van der Waals surface area contributed by atoms with Crippen LogP contribution in [-0.4, -0.2) is 52.7 Å². The van der Waals surface area contributed by atoms with Crippen LogP contribution in [0.25, 0.3) is 0 Å². The molecule has 0 saturated carbocycles. The zero-order valence-electron chi connectivity index (χ0n) is 12.5. The second-order valence-corrected chi connectivity index (χ2v) is 5.40. The van der Waals surface area contributed by atoms with Gasteiger partial charge in [-0.05, 0) is 18.9 Å². The summed E-state index contributed by atoms with van der Waals surface area (Å²) in [6.45, 7) is 2.43. The van der Waals surface area contributed by atoms with E-state index in [4.69, 9.17) is 4.74 Å². The largest absolute Gasteiger partial charge is 0.432 e. The molecule has 0 aromatic carbocycles. The number of alkyl halides is 2. The van der Waals surface area contributed by atoms with Crippen molar-refractivity contribution in [1.29, 1.82) is 0 Å². The van der Waals surface area contributed by atoms with Gasteiger partial charge >= 0.3 is 6.61 Å². The Morgan fingerprint density at radius 1 is 1.45 bits per heavy atom. The first-order chi connectivity index (χ1) is 10.5. The molecule has 8 heteroatoms. The van der Waals surface area contributed by atoms with E-state index in [0.717, 1.165) is 29.3 Å². The molecule has 0 aliphatic carbocycles. The van der Waals surface area contributed by atoms with Gasteiger partial charge in [-0.25, -0.2) is 10.1 Å². The van der Waals surface area contributed by atoms with E-state index in [-0.39, 0.29) is 12.4 Å². The number of hydrogen-bond acceptors (Lipinski definition) is 6. The van der Waals surface area contributed by atoms with Gasteiger partial charge in [-0.2, -0.15) is 8.78 Å². The summed E-state index contributed by atoms with van der Waals surface area (Å²) in [5.74, 6) is 0.831. The van der Waals surface area contributed by atoms with Crippen molar-refractivity contribution in [3.8, 4) is 0 Å². The Morgan fingerprint density at radius 2 is 2.23 bits per heavy atom. The van der Waals surface area contributed by atoms with Crippen molar-refractivity contribution in [3.63, 3.8) is 0 Å². The standard InChI is InChI=1S/C14H18F2N4O2/c1-3-4-18-6-9(2)12(22-14(15)16)11-13(18)20-8-19(21)7-10(20)5-17-11/h5,7,14,21H,3-4,6,8H2,1-2H3. The second-order valence-electron chi connectivity index (χ2n) is 5.40. The van der Waals surface area contributed by atoms with E-state index in [1.54, 1.807) is 19.3 Å². The minimum absolute atomic E-state index is 0.129. The summed E-state index contributed by atoms with van der Waals surface area (Å²) in [5, 5.41) is 10.7. The van der Waals surface area contributed by atoms with Crippen LogP contribution in [0.1, 0.15) is 20.3 Å². The molecule has 1 N–H and O–H groups in total. The van der Waals surface area contributed by atoms with Crippen LogP contribution in [0.2, 0.25) is 0 Å². The Hall–Kier alpha value is -2.09. The van der Waals surface area contributed by atoms with Gasteiger partial charge in [0.2, 0.25) is 0 Å². The predicted octanol–water partition coefficient (Wildman–Crippen LogP) is 2.28. The van der Waals surface area contributed by atoms with Gasteiger partial charge in [0.15, 0.2) is 5.76 Å². The third-order valence-corrected chi connectivity index (χ3v) is 3.70. The highest BCUT2D eigenvalue weighted by molar-refractivity contribution is 5.82. The van der Waals surface area contributed by atoms with Crippen LogP contribution < -0.4 is 0 Å². The molecule has 3 aliphatic heterocycles. The number of hydrogen-bond donors (Lipinski definition) is 1. The van der Waals surface area contributed by atoms with Crippen LogP contribution in [0.5, 0.6) is 0 Å². The summed E-state index contributed by atoms with van der Waals surface area (Å²) in [5.41, 5.74) is 1.83. The molecule has 0 unspecified atom stereocenters. The van der Waals surface area contributed by atoms with Crippen LogP contribution >= 0.6 is 0 Å². The van der Waals surface area contributed by atoms with Crippen LogP contribution in [0.15, 0.2) is 39.7 Å². The molecule has 6 nitrogen and oxygen atoms in total. The minimum Gasteiger partial charge on any atom is -0.432 e. The first kappa shape index (κ1) is 14.8. The van der Waals surface area contributed by atoms with Crippen molar-refractivity contribution < 1.29 is 18.7 Å². The van der Waals surface area contributed by atoms with Crippen LogP contribution in [0.4, 0.5) is 8.78 Å². The van der Waals surface area contributed by atoms with E-state index in [9.17, 15) is 14.0 Å². The Kier molecular flexibility index (Phi) is 3.78. The van der Waals surface area contributed by atoms with Gasteiger partial charge in [0.05, 0.1) is 18.1 Å². The molecule has 0 aromatic rings. The van der Waals surface area contributed by atoms with E-state index in [2.05, 4.69) is 16.8 Å². The number of rotatable bonds is 4. The van der Waals surface area contributed by atoms with Crippen LogP contribution in [-0.2, 0) is 4.74 Å². The highest BCUT2D eigenvalue weighted by Crippen LogP contribution is 2.37. The molecule has 0 saturated heterocycles. The molecule has 120 valence electrons. The molecule has 3 heterocycles. The molecular formula is C14H18F2N4O2. The van der Waals surface area contributed by atoms with Gasteiger partial charge in [0.25, 0.3) is 0 Å². The highest BCUT2D eigenvalue weighted by atomic mass is 19.3. The summed E-state index contributed by atoms with van der Waals surface area (Å²) in [6, 6.07) is 0. The van der Waals surface area contributed by atoms with Crippen molar-refractivity contribution in [2.45, 2.75) is 26.9 Å². The van der Waals surface area contributed by atoms with Gasteiger partial charge in [-0.15, -0.1) is 0 Å². The van der Waals surface area contributed by atoms with E-state index in [1.807, 2.05) is 4.90 Å². The predicted molar refractivity (Wildman–Crippen MR) is 75.6 cm³/mol. The van der Waals surface area contributed by atoms with E-state index < -0.39 is 6.61 Å². The van der Waals surface area contributed by atoms with E-state index in [0.29, 0.717) is 18.1 Å². The number of ether oxygens (including phenoxy) is 1. The fourth-order valence-electron chi connectivity index (χ4n) is 2.91. The molecule has 0 bridgehead atoms. The number of allylic oxidation sites excluding steroid dienone is 1. The average molecular weight is 312 g/mol. The number of halogens is 2. The maximum Gasteiger partial charge on any atom is 0.387 e. The maximum atomic E-state index is 12.7. The van der Waals surface area contributed by atoms with Gasteiger partial charge in [0.1, 0.15) is 18.2 Å². The smallest absolute Gasteiger partial charge is 0.387 e. The molecule has 3 aliphatic rings. The Morgan fingerprint density at radius 3 is 2.91 bits per heavy atom. The fourth-order valence-corrected chi connectivity index (χ4v) is 2.91. The molecule has 0 spiro atoms. The molecule has 3 rings (SSSR count). The monoisotopic (exact) mass is 312 g/mol. The Labute approximate surface area is 127 Å². The third kappa shape index (κ3) is 2.43. The molecule has 0 aromatic heterocycles. The number of aliphatic imine (C=N–C) groups is 1. The van der Waals surface area contributed by atoms with Gasteiger partial charge in [-0.3, -0.25) is 5.21 Å². The van der Waals surface area contributed by atoms with E-state index in [1.165, 1.54) is 0 Å². The molecule has 0 fully saturated rings. The molecule has 0 atom stereocenters. The maximum absolute atomic E-state index is 12.7. The Bertz CT molecular complexity index is 598. The lowest BCUT2D eigenvalue weighted by Gasteiger charge is -2.40. The van der Waals surface area contributed by atoms with Crippen LogP contribution in [0, 0.1) is 0 Å². The topological polar surface area (TPSA) is 51.5 Å². The summed E-state index contributed by atoms with van der Waals surface area (Å²) >= 11 is 0. The first-order valence-corrected chi connectivity index (χ1v) is 7.14. The average Bonchev–Trinajstić information content (AvgIpc) is 2.82. The quantitative estimate of drug-likeness (QED) is 0.863. The number of hydroxylamine groups is 2. The number of nitrogens with zero attached hydrogens (tertiary/aromatic N) is 4. The lowest BCUT2D eigenvalue weighted by Crippen LogP contribution is -2.42. The summed E-state index contributed by atoms with van der Waals surface area (Å²) < 4.78 is 30.1. The van der Waals surface area contributed by atoms with Crippen molar-refractivity contribution in [3.05, 3.63) is 34.7 Å². The first-order valence-electron chi connectivity index (χ1n) is 7.14. The molecule has 0 amide bonds. The number of fused-ring (bicyclic) bond motifs is 2. The summed E-state index contributed by atoms with van der Waals surface area (Å²) in [6.07, 6.45) is 4.01. The lowest BCUT2D eigenvalue weighted by atomic mass is 10.1. The highest BCUT2D eigenvalue weighted by Gasteiger charge is 2.36. The van der Waals surface area contributed by atoms with Crippen molar-refractivity contribution in [1.82, 2.24) is 14.9 Å². The van der Waals surface area contributed by atoms with Crippen molar-refractivity contribution in [2.75, 3.05) is 19.8 Å². The van der Waals surface area contributed by atoms with Gasteiger partial charge in [-0.1, -0.05) is 6.92 Å². The Balaban J connectivity index is 2.04. The molecule has 22 heavy (non-hydrogen) atoms. The van der Waals surface area contributed by atoms with E-state index >= 15 is 0 Å². The normalized spacial score (nSPS) is 20.8. The van der Waals surface area contributed by atoms with Crippen LogP contribution in [0.3, 0.4) is 0 Å². The lowest BCUT2D eigenvalue weighted by molar-refractivity contribution is -0.0963. The SMILES string of the molecule is CCCN1CC(C)=C(OC(F)F)C2=C1N1CN(O)C=C1C=N2. The zero-order chi connectivity index (χ0) is 15.9. The van der Waals surface area contributed by atoms with Gasteiger partial charge in [0, 0.05) is 13.1 Å².